The zero-order chi connectivity index (χ0) is 11.8. The van der Waals surface area contributed by atoms with Gasteiger partial charge in [0.05, 0.1) is 6.10 Å². The van der Waals surface area contributed by atoms with Crippen molar-refractivity contribution >= 4 is 0 Å². The van der Waals surface area contributed by atoms with Crippen molar-refractivity contribution in [1.82, 2.24) is 4.90 Å². The van der Waals surface area contributed by atoms with Crippen LogP contribution in [-0.4, -0.2) is 35.2 Å². The van der Waals surface area contributed by atoms with Crippen LogP contribution in [0.3, 0.4) is 0 Å². The van der Waals surface area contributed by atoms with E-state index in [4.69, 9.17) is 0 Å². The Bertz CT molecular complexity index is 235. The van der Waals surface area contributed by atoms with E-state index in [-0.39, 0.29) is 6.10 Å². The van der Waals surface area contributed by atoms with Crippen LogP contribution in [0.15, 0.2) is 0 Å². The van der Waals surface area contributed by atoms with Crippen molar-refractivity contribution < 1.29 is 5.11 Å². The Balaban J connectivity index is 1.90. The molecule has 0 saturated heterocycles. The van der Waals surface area contributed by atoms with Gasteiger partial charge in [-0.25, -0.2) is 0 Å². The maximum atomic E-state index is 10.1. The van der Waals surface area contributed by atoms with Gasteiger partial charge in [0.1, 0.15) is 0 Å². The first-order valence-electron chi connectivity index (χ1n) is 6.94. The van der Waals surface area contributed by atoms with Gasteiger partial charge in [0.2, 0.25) is 0 Å². The van der Waals surface area contributed by atoms with Gasteiger partial charge in [-0.3, -0.25) is 0 Å². The lowest BCUT2D eigenvalue weighted by molar-refractivity contribution is 0.00369. The summed E-state index contributed by atoms with van der Waals surface area (Å²) in [6, 6.07) is 0.835. The molecule has 0 bridgehead atoms. The van der Waals surface area contributed by atoms with Gasteiger partial charge in [0, 0.05) is 12.6 Å². The van der Waals surface area contributed by atoms with E-state index in [1.165, 1.54) is 25.7 Å². The molecular formula is C14H27NO. The summed E-state index contributed by atoms with van der Waals surface area (Å²) < 4.78 is 0. The summed E-state index contributed by atoms with van der Waals surface area (Å²) in [6.45, 7) is 9.21. The van der Waals surface area contributed by atoms with Crippen LogP contribution in [0.2, 0.25) is 0 Å². The third kappa shape index (κ3) is 2.98. The fourth-order valence-electron chi connectivity index (χ4n) is 3.19. The summed E-state index contributed by atoms with van der Waals surface area (Å²) in [6.07, 6.45) is 6.07. The first kappa shape index (κ1) is 12.4. The van der Waals surface area contributed by atoms with Gasteiger partial charge in [-0.05, 0) is 50.0 Å². The minimum Gasteiger partial charge on any atom is -0.393 e. The molecule has 16 heavy (non-hydrogen) atoms. The molecule has 94 valence electrons. The van der Waals surface area contributed by atoms with Gasteiger partial charge < -0.3 is 10.0 Å². The van der Waals surface area contributed by atoms with Gasteiger partial charge in [-0.1, -0.05) is 20.8 Å². The van der Waals surface area contributed by atoms with Gasteiger partial charge in [-0.2, -0.15) is 0 Å². The highest BCUT2D eigenvalue weighted by atomic mass is 16.3. The van der Waals surface area contributed by atoms with Crippen LogP contribution in [0.5, 0.6) is 0 Å². The van der Waals surface area contributed by atoms with Crippen LogP contribution >= 0.6 is 0 Å². The van der Waals surface area contributed by atoms with Gasteiger partial charge in [0.25, 0.3) is 0 Å². The molecule has 0 aromatic carbocycles. The number of hydrogen-bond donors (Lipinski definition) is 1. The van der Waals surface area contributed by atoms with Gasteiger partial charge in [0.15, 0.2) is 0 Å². The van der Waals surface area contributed by atoms with Crippen molar-refractivity contribution in [3.05, 3.63) is 0 Å². The molecule has 2 rings (SSSR count). The average Bonchev–Trinajstić information content (AvgIpc) is 3.03. The molecule has 1 N–H and O–H groups in total. The molecular weight excluding hydrogens is 198 g/mol. The topological polar surface area (TPSA) is 23.5 Å². The first-order chi connectivity index (χ1) is 7.52. The third-order valence-corrected chi connectivity index (χ3v) is 4.41. The molecule has 2 unspecified atom stereocenters. The maximum Gasteiger partial charge on any atom is 0.0581 e. The minimum atomic E-state index is -0.0548. The molecule has 2 aliphatic carbocycles. The SMILES string of the molecule is CCN(CC1CC(C)(C)CCC1O)C1CC1. The molecule has 2 saturated carbocycles. The number of aliphatic hydroxyl groups excluding tert-OH is 1. The fraction of sp³-hybridized carbons (Fsp3) is 1.00. The molecule has 0 aliphatic heterocycles. The number of hydrogen-bond acceptors (Lipinski definition) is 2. The number of rotatable bonds is 4. The van der Waals surface area contributed by atoms with Crippen LogP contribution < -0.4 is 0 Å². The molecule has 2 aliphatic rings. The summed E-state index contributed by atoms with van der Waals surface area (Å²) in [5.74, 6) is 0.504. The maximum absolute atomic E-state index is 10.1. The average molecular weight is 225 g/mol. The predicted octanol–water partition coefficient (Wildman–Crippen LogP) is 2.66. The zero-order valence-corrected chi connectivity index (χ0v) is 11.1. The van der Waals surface area contributed by atoms with E-state index in [2.05, 4.69) is 25.7 Å². The molecule has 0 aromatic heterocycles. The van der Waals surface area contributed by atoms with E-state index >= 15 is 0 Å². The Morgan fingerprint density at radius 2 is 1.94 bits per heavy atom. The molecule has 0 radical (unpaired) electrons. The van der Waals surface area contributed by atoms with Crippen molar-refractivity contribution in [3.63, 3.8) is 0 Å². The Kier molecular flexibility index (Phi) is 3.60. The Morgan fingerprint density at radius 1 is 1.25 bits per heavy atom. The highest BCUT2D eigenvalue weighted by Gasteiger charge is 2.37. The van der Waals surface area contributed by atoms with Crippen LogP contribution in [0.25, 0.3) is 0 Å². The largest absolute Gasteiger partial charge is 0.393 e. The summed E-state index contributed by atoms with van der Waals surface area (Å²) >= 11 is 0. The normalized spacial score (nSPS) is 34.3. The van der Waals surface area contributed by atoms with Crippen LogP contribution in [-0.2, 0) is 0 Å². The summed E-state index contributed by atoms with van der Waals surface area (Å²) in [5.41, 5.74) is 0.437. The summed E-state index contributed by atoms with van der Waals surface area (Å²) in [5, 5.41) is 10.1. The highest BCUT2D eigenvalue weighted by molar-refractivity contribution is 4.90. The highest BCUT2D eigenvalue weighted by Crippen LogP contribution is 2.40. The van der Waals surface area contributed by atoms with Crippen molar-refractivity contribution in [2.75, 3.05) is 13.1 Å². The molecule has 2 heteroatoms. The number of aliphatic hydroxyl groups is 1. The predicted molar refractivity (Wildman–Crippen MR) is 67.4 cm³/mol. The summed E-state index contributed by atoms with van der Waals surface area (Å²) in [7, 11) is 0. The van der Waals surface area contributed by atoms with Gasteiger partial charge >= 0.3 is 0 Å². The summed E-state index contributed by atoms with van der Waals surface area (Å²) in [4.78, 5) is 2.58. The lowest BCUT2D eigenvalue weighted by Gasteiger charge is -2.40. The first-order valence-corrected chi connectivity index (χ1v) is 6.94. The smallest absolute Gasteiger partial charge is 0.0581 e. The van der Waals surface area contributed by atoms with Crippen molar-refractivity contribution in [1.29, 1.82) is 0 Å². The van der Waals surface area contributed by atoms with E-state index in [1.807, 2.05) is 0 Å². The fourth-order valence-corrected chi connectivity index (χ4v) is 3.19. The van der Waals surface area contributed by atoms with E-state index in [0.29, 0.717) is 11.3 Å². The van der Waals surface area contributed by atoms with Crippen molar-refractivity contribution in [2.45, 2.75) is 65.0 Å². The van der Waals surface area contributed by atoms with Gasteiger partial charge in [-0.15, -0.1) is 0 Å². The second kappa shape index (κ2) is 4.66. The van der Waals surface area contributed by atoms with Crippen LogP contribution in [0.1, 0.15) is 52.9 Å². The molecule has 2 atom stereocenters. The quantitative estimate of drug-likeness (QED) is 0.795. The molecule has 0 spiro atoms. The Hall–Kier alpha value is -0.0800. The third-order valence-electron chi connectivity index (χ3n) is 4.41. The van der Waals surface area contributed by atoms with Crippen LogP contribution in [0, 0.1) is 11.3 Å². The van der Waals surface area contributed by atoms with E-state index < -0.39 is 0 Å². The second-order valence-corrected chi connectivity index (χ2v) is 6.55. The van der Waals surface area contributed by atoms with Crippen molar-refractivity contribution in [2.24, 2.45) is 11.3 Å². The molecule has 2 fully saturated rings. The zero-order valence-electron chi connectivity index (χ0n) is 11.1. The second-order valence-electron chi connectivity index (χ2n) is 6.55. The molecule has 0 heterocycles. The lowest BCUT2D eigenvalue weighted by atomic mass is 9.70. The molecule has 2 nitrogen and oxygen atoms in total. The van der Waals surface area contributed by atoms with Crippen LogP contribution in [0.4, 0.5) is 0 Å². The number of nitrogens with zero attached hydrogens (tertiary/aromatic N) is 1. The molecule has 0 aromatic rings. The van der Waals surface area contributed by atoms with E-state index in [0.717, 1.165) is 25.6 Å². The van der Waals surface area contributed by atoms with E-state index in [9.17, 15) is 5.11 Å². The minimum absolute atomic E-state index is 0.0548. The lowest BCUT2D eigenvalue weighted by Crippen LogP contribution is -2.41. The Labute approximate surface area is 100 Å². The van der Waals surface area contributed by atoms with Crippen molar-refractivity contribution in [3.8, 4) is 0 Å². The monoisotopic (exact) mass is 225 g/mol. The Morgan fingerprint density at radius 3 is 2.50 bits per heavy atom. The standard InChI is InChI=1S/C14H27NO/c1-4-15(12-5-6-12)10-11-9-14(2,3)8-7-13(11)16/h11-13,16H,4-10H2,1-3H3. The van der Waals surface area contributed by atoms with E-state index in [1.54, 1.807) is 0 Å². The molecule has 0 amide bonds.